The van der Waals surface area contributed by atoms with Crippen LogP contribution in [0, 0.1) is 0 Å². The zero-order valence-corrected chi connectivity index (χ0v) is 11.1. The Bertz CT molecular complexity index is 578. The molecule has 9 heteroatoms. The highest BCUT2D eigenvalue weighted by Crippen LogP contribution is 2.26. The second kappa shape index (κ2) is 6.58. The van der Waals surface area contributed by atoms with E-state index >= 15 is 0 Å². The number of rotatable bonds is 6. The van der Waals surface area contributed by atoms with E-state index in [0.717, 1.165) is 0 Å². The van der Waals surface area contributed by atoms with E-state index in [9.17, 15) is 8.78 Å². The number of alkyl halides is 2. The van der Waals surface area contributed by atoms with E-state index in [1.807, 2.05) is 0 Å². The summed E-state index contributed by atoms with van der Waals surface area (Å²) in [5, 5.41) is 11.7. The number of nitrogens with two attached hydrogens (primary N) is 1. The van der Waals surface area contributed by atoms with Gasteiger partial charge in [-0.15, -0.1) is 5.10 Å². The predicted molar refractivity (Wildman–Crippen MR) is 69.5 cm³/mol. The van der Waals surface area contributed by atoms with E-state index in [2.05, 4.69) is 15.5 Å². The highest BCUT2D eigenvalue weighted by molar-refractivity contribution is 6.31. The Balaban J connectivity index is 2.10. The predicted octanol–water partition coefficient (Wildman–Crippen LogP) is 1.86. The Kier molecular flexibility index (Phi) is 4.80. The third-order valence-electron chi connectivity index (χ3n) is 2.48. The van der Waals surface area contributed by atoms with Crippen molar-refractivity contribution in [1.82, 2.24) is 20.2 Å². The fourth-order valence-electron chi connectivity index (χ4n) is 1.59. The van der Waals surface area contributed by atoms with Gasteiger partial charge in [-0.1, -0.05) is 11.6 Å². The zero-order chi connectivity index (χ0) is 14.5. The van der Waals surface area contributed by atoms with Crippen molar-refractivity contribution in [2.45, 2.75) is 13.0 Å². The maximum Gasteiger partial charge on any atom is 0.261 e. The minimum Gasteiger partial charge on any atom is -0.398 e. The van der Waals surface area contributed by atoms with E-state index in [1.165, 1.54) is 4.68 Å². The molecule has 0 aliphatic heterocycles. The van der Waals surface area contributed by atoms with Crippen molar-refractivity contribution in [2.24, 2.45) is 0 Å². The van der Waals surface area contributed by atoms with Crippen LogP contribution in [0.2, 0.25) is 5.02 Å². The average molecular weight is 304 g/mol. The summed E-state index contributed by atoms with van der Waals surface area (Å²) in [6, 6.07) is 4.93. The summed E-state index contributed by atoms with van der Waals surface area (Å²) in [5.74, 6) is 0.408. The molecule has 0 amide bonds. The molecule has 2 N–H and O–H groups in total. The molecule has 0 saturated heterocycles. The van der Waals surface area contributed by atoms with Crippen LogP contribution in [0.4, 0.5) is 14.5 Å². The molecule has 0 unspecified atom stereocenters. The SMILES string of the molecule is Nc1ccc(Cl)cc1-c1nnnn1CCOCC(F)F. The number of ether oxygens (including phenoxy) is 1. The molecule has 0 saturated carbocycles. The Morgan fingerprint density at radius 1 is 1.40 bits per heavy atom. The van der Waals surface area contributed by atoms with Crippen molar-refractivity contribution in [1.29, 1.82) is 0 Å². The maximum atomic E-state index is 11.9. The summed E-state index contributed by atoms with van der Waals surface area (Å²) < 4.78 is 30.1. The molecule has 0 radical (unpaired) electrons. The van der Waals surface area contributed by atoms with E-state index in [0.29, 0.717) is 22.1 Å². The molecule has 0 spiro atoms. The van der Waals surface area contributed by atoms with E-state index in [4.69, 9.17) is 22.1 Å². The fraction of sp³-hybridized carbons (Fsp3) is 0.364. The van der Waals surface area contributed by atoms with Gasteiger partial charge in [0, 0.05) is 16.3 Å². The maximum absolute atomic E-state index is 11.9. The number of nitrogens with zero attached hydrogens (tertiary/aromatic N) is 4. The van der Waals surface area contributed by atoms with Gasteiger partial charge >= 0.3 is 0 Å². The second-order valence-electron chi connectivity index (χ2n) is 3.92. The molecule has 20 heavy (non-hydrogen) atoms. The summed E-state index contributed by atoms with van der Waals surface area (Å²) in [5.41, 5.74) is 6.90. The lowest BCUT2D eigenvalue weighted by molar-refractivity contribution is 0.0140. The second-order valence-corrected chi connectivity index (χ2v) is 4.36. The van der Waals surface area contributed by atoms with Crippen molar-refractivity contribution in [3.63, 3.8) is 0 Å². The number of hydrogen-bond donors (Lipinski definition) is 1. The standard InChI is InChI=1S/C11H12ClF2N5O/c12-7-1-2-9(15)8(5-7)11-16-17-18-19(11)3-4-20-6-10(13)14/h1-2,5,10H,3-4,6,15H2. The first-order valence-corrected chi connectivity index (χ1v) is 6.13. The molecule has 2 rings (SSSR count). The van der Waals surface area contributed by atoms with Gasteiger partial charge in [0.25, 0.3) is 6.43 Å². The molecule has 2 aromatic rings. The Hall–Kier alpha value is -1.80. The highest BCUT2D eigenvalue weighted by Gasteiger charge is 2.12. The smallest absolute Gasteiger partial charge is 0.261 e. The number of aromatic nitrogens is 4. The molecule has 0 fully saturated rings. The lowest BCUT2D eigenvalue weighted by Crippen LogP contribution is -2.12. The van der Waals surface area contributed by atoms with Gasteiger partial charge in [0.15, 0.2) is 5.82 Å². The van der Waals surface area contributed by atoms with Gasteiger partial charge in [0.1, 0.15) is 6.61 Å². The molecule has 0 atom stereocenters. The minimum absolute atomic E-state index is 0.0723. The Morgan fingerprint density at radius 2 is 2.20 bits per heavy atom. The molecule has 6 nitrogen and oxygen atoms in total. The van der Waals surface area contributed by atoms with Gasteiger partial charge < -0.3 is 10.5 Å². The van der Waals surface area contributed by atoms with Crippen molar-refractivity contribution < 1.29 is 13.5 Å². The summed E-state index contributed by atoms with van der Waals surface area (Å²) in [4.78, 5) is 0. The van der Waals surface area contributed by atoms with Crippen LogP contribution in [0.5, 0.6) is 0 Å². The van der Waals surface area contributed by atoms with E-state index in [1.54, 1.807) is 18.2 Å². The van der Waals surface area contributed by atoms with Gasteiger partial charge in [-0.25, -0.2) is 13.5 Å². The molecule has 1 aromatic carbocycles. The van der Waals surface area contributed by atoms with Crippen LogP contribution in [0.1, 0.15) is 0 Å². The number of tetrazole rings is 1. The quantitative estimate of drug-likeness (QED) is 0.651. The number of hydrogen-bond acceptors (Lipinski definition) is 5. The van der Waals surface area contributed by atoms with Gasteiger partial charge in [-0.3, -0.25) is 0 Å². The van der Waals surface area contributed by atoms with Gasteiger partial charge in [0.2, 0.25) is 0 Å². The molecule has 0 aliphatic carbocycles. The average Bonchev–Trinajstić information content (AvgIpc) is 2.85. The molecule has 1 heterocycles. The van der Waals surface area contributed by atoms with Crippen LogP contribution in [-0.2, 0) is 11.3 Å². The van der Waals surface area contributed by atoms with Crippen molar-refractivity contribution in [2.75, 3.05) is 18.9 Å². The molecule has 0 aliphatic rings. The lowest BCUT2D eigenvalue weighted by Gasteiger charge is -2.08. The Labute approximate surface area is 118 Å². The molecule has 0 bridgehead atoms. The molecule has 1 aromatic heterocycles. The minimum atomic E-state index is -2.49. The van der Waals surface area contributed by atoms with Crippen LogP contribution < -0.4 is 5.73 Å². The van der Waals surface area contributed by atoms with Gasteiger partial charge in [-0.05, 0) is 28.6 Å². The highest BCUT2D eigenvalue weighted by atomic mass is 35.5. The van der Waals surface area contributed by atoms with Crippen molar-refractivity contribution in [3.05, 3.63) is 23.2 Å². The van der Waals surface area contributed by atoms with Crippen LogP contribution in [-0.4, -0.2) is 39.8 Å². The molecular formula is C11H12ClF2N5O. The molecular weight excluding hydrogens is 292 g/mol. The number of nitrogen functional groups attached to an aromatic ring is 1. The van der Waals surface area contributed by atoms with Crippen LogP contribution >= 0.6 is 11.6 Å². The molecule has 108 valence electrons. The van der Waals surface area contributed by atoms with Gasteiger partial charge in [0.05, 0.1) is 13.2 Å². The lowest BCUT2D eigenvalue weighted by atomic mass is 10.1. The normalized spacial score (nSPS) is 11.2. The van der Waals surface area contributed by atoms with Crippen LogP contribution in [0.3, 0.4) is 0 Å². The first kappa shape index (κ1) is 14.6. The van der Waals surface area contributed by atoms with Crippen LogP contribution in [0.15, 0.2) is 18.2 Å². The number of anilines is 1. The largest absolute Gasteiger partial charge is 0.398 e. The summed E-state index contributed by atoms with van der Waals surface area (Å²) in [6.45, 7) is -0.305. The van der Waals surface area contributed by atoms with Crippen LogP contribution in [0.25, 0.3) is 11.4 Å². The number of halogens is 3. The summed E-state index contributed by atoms with van der Waals surface area (Å²) in [6.07, 6.45) is -2.49. The van der Waals surface area contributed by atoms with Crippen molar-refractivity contribution >= 4 is 17.3 Å². The van der Waals surface area contributed by atoms with E-state index in [-0.39, 0.29) is 13.2 Å². The van der Waals surface area contributed by atoms with Crippen molar-refractivity contribution in [3.8, 4) is 11.4 Å². The topological polar surface area (TPSA) is 78.9 Å². The third-order valence-corrected chi connectivity index (χ3v) is 2.71. The first-order chi connectivity index (χ1) is 9.58. The Morgan fingerprint density at radius 3 is 2.95 bits per heavy atom. The summed E-state index contributed by atoms with van der Waals surface area (Å²) >= 11 is 5.91. The monoisotopic (exact) mass is 303 g/mol. The fourth-order valence-corrected chi connectivity index (χ4v) is 1.77. The van der Waals surface area contributed by atoms with E-state index < -0.39 is 13.0 Å². The summed E-state index contributed by atoms with van der Waals surface area (Å²) in [7, 11) is 0. The third kappa shape index (κ3) is 3.61. The number of benzene rings is 1. The zero-order valence-electron chi connectivity index (χ0n) is 10.3. The first-order valence-electron chi connectivity index (χ1n) is 5.75. The van der Waals surface area contributed by atoms with Gasteiger partial charge in [-0.2, -0.15) is 0 Å².